The predicted octanol–water partition coefficient (Wildman–Crippen LogP) is 1.34. The first kappa shape index (κ1) is 10.8. The molecule has 2 rings (SSSR count). The summed E-state index contributed by atoms with van der Waals surface area (Å²) in [5.74, 6) is 1.28. The molecule has 82 valence electrons. The number of carbonyl (C=O) groups is 1. The molecule has 0 bridgehead atoms. The Kier molecular flexibility index (Phi) is 3.48. The van der Waals surface area contributed by atoms with Gasteiger partial charge in [-0.1, -0.05) is 11.3 Å². The number of rotatable bonds is 5. The Morgan fingerprint density at radius 2 is 2.53 bits per heavy atom. The molecule has 4 nitrogen and oxygen atoms in total. The number of hydrogen-bond donors (Lipinski definition) is 2. The summed E-state index contributed by atoms with van der Waals surface area (Å²) in [7, 11) is 0. The van der Waals surface area contributed by atoms with Crippen LogP contribution in [0, 0.1) is 5.92 Å². The fourth-order valence-electron chi connectivity index (χ4n) is 1.11. The molecule has 0 radical (unpaired) electrons. The fraction of sp³-hybridized carbons (Fsp3) is 0.556. The first-order valence-corrected chi connectivity index (χ1v) is 6.65. The molecule has 1 fully saturated rings. The maximum atomic E-state index is 11.4. The van der Waals surface area contributed by atoms with Crippen molar-refractivity contribution in [2.75, 3.05) is 18.0 Å². The summed E-state index contributed by atoms with van der Waals surface area (Å²) < 4.78 is 0.995. The SMILES string of the molecule is Nc1ncc(SCC(=O)NCC2CC2)s1. The number of nitrogens with two attached hydrogens (primary N) is 1. The van der Waals surface area contributed by atoms with Gasteiger partial charge in [-0.15, -0.1) is 11.8 Å². The minimum Gasteiger partial charge on any atom is -0.375 e. The number of amides is 1. The predicted molar refractivity (Wildman–Crippen MR) is 63.0 cm³/mol. The monoisotopic (exact) mass is 243 g/mol. The molecule has 15 heavy (non-hydrogen) atoms. The molecule has 1 aliphatic carbocycles. The zero-order valence-electron chi connectivity index (χ0n) is 8.23. The summed E-state index contributed by atoms with van der Waals surface area (Å²) >= 11 is 2.90. The summed E-state index contributed by atoms with van der Waals surface area (Å²) in [6, 6.07) is 0. The van der Waals surface area contributed by atoms with Gasteiger partial charge in [0.25, 0.3) is 0 Å². The highest BCUT2D eigenvalue weighted by Crippen LogP contribution is 2.28. The molecule has 1 aliphatic rings. The summed E-state index contributed by atoms with van der Waals surface area (Å²) in [6.07, 6.45) is 4.23. The molecule has 0 atom stereocenters. The van der Waals surface area contributed by atoms with Gasteiger partial charge in [0, 0.05) is 6.54 Å². The number of anilines is 1. The van der Waals surface area contributed by atoms with E-state index in [1.165, 1.54) is 35.9 Å². The molecule has 0 aromatic carbocycles. The fourth-order valence-corrected chi connectivity index (χ4v) is 2.69. The Morgan fingerprint density at radius 3 is 3.13 bits per heavy atom. The third-order valence-corrected chi connectivity index (χ3v) is 4.15. The second kappa shape index (κ2) is 4.85. The molecule has 1 saturated carbocycles. The van der Waals surface area contributed by atoms with Crippen LogP contribution in [-0.4, -0.2) is 23.2 Å². The van der Waals surface area contributed by atoms with Crippen molar-refractivity contribution in [3.8, 4) is 0 Å². The number of hydrogen-bond acceptors (Lipinski definition) is 5. The number of nitrogens with one attached hydrogen (secondary N) is 1. The van der Waals surface area contributed by atoms with Gasteiger partial charge < -0.3 is 11.1 Å². The third kappa shape index (κ3) is 3.71. The van der Waals surface area contributed by atoms with Gasteiger partial charge >= 0.3 is 0 Å². The van der Waals surface area contributed by atoms with Crippen molar-refractivity contribution < 1.29 is 4.79 Å². The molecular formula is C9H13N3OS2. The molecule has 1 aromatic heterocycles. The van der Waals surface area contributed by atoms with Gasteiger partial charge in [-0.2, -0.15) is 0 Å². The molecule has 0 saturated heterocycles. The van der Waals surface area contributed by atoms with Crippen LogP contribution in [0.5, 0.6) is 0 Å². The molecule has 1 amide bonds. The van der Waals surface area contributed by atoms with E-state index in [9.17, 15) is 4.79 Å². The Bertz CT molecular complexity index is 349. The lowest BCUT2D eigenvalue weighted by Crippen LogP contribution is -2.27. The normalized spacial score (nSPS) is 15.2. The second-order valence-corrected chi connectivity index (χ2v) is 5.89. The van der Waals surface area contributed by atoms with Crippen LogP contribution in [0.15, 0.2) is 10.4 Å². The largest absolute Gasteiger partial charge is 0.375 e. The number of thiazole rings is 1. The van der Waals surface area contributed by atoms with Gasteiger partial charge in [0.2, 0.25) is 5.91 Å². The van der Waals surface area contributed by atoms with Crippen LogP contribution in [0.25, 0.3) is 0 Å². The van der Waals surface area contributed by atoms with E-state index in [4.69, 9.17) is 5.73 Å². The van der Waals surface area contributed by atoms with Crippen molar-refractivity contribution in [1.29, 1.82) is 0 Å². The van der Waals surface area contributed by atoms with Crippen molar-refractivity contribution in [1.82, 2.24) is 10.3 Å². The molecule has 6 heteroatoms. The van der Waals surface area contributed by atoms with Gasteiger partial charge in [-0.3, -0.25) is 4.79 Å². The Balaban J connectivity index is 1.65. The minimum absolute atomic E-state index is 0.0962. The van der Waals surface area contributed by atoms with E-state index >= 15 is 0 Å². The molecule has 0 aliphatic heterocycles. The van der Waals surface area contributed by atoms with Gasteiger partial charge in [0.1, 0.15) is 0 Å². The lowest BCUT2D eigenvalue weighted by Gasteiger charge is -2.01. The van der Waals surface area contributed by atoms with Crippen molar-refractivity contribution in [2.24, 2.45) is 5.92 Å². The lowest BCUT2D eigenvalue weighted by atomic mass is 10.4. The summed E-state index contributed by atoms with van der Waals surface area (Å²) in [4.78, 5) is 15.3. The van der Waals surface area contributed by atoms with Crippen LogP contribution >= 0.6 is 23.1 Å². The van der Waals surface area contributed by atoms with E-state index in [-0.39, 0.29) is 5.91 Å². The van der Waals surface area contributed by atoms with Crippen LogP contribution in [0.3, 0.4) is 0 Å². The van der Waals surface area contributed by atoms with E-state index in [0.717, 1.165) is 16.7 Å². The number of carbonyl (C=O) groups excluding carboxylic acids is 1. The zero-order valence-corrected chi connectivity index (χ0v) is 9.87. The first-order chi connectivity index (χ1) is 7.24. The average molecular weight is 243 g/mol. The highest BCUT2D eigenvalue weighted by molar-refractivity contribution is 8.01. The van der Waals surface area contributed by atoms with E-state index in [1.54, 1.807) is 6.20 Å². The highest BCUT2D eigenvalue weighted by Gasteiger charge is 2.21. The van der Waals surface area contributed by atoms with Crippen LogP contribution in [-0.2, 0) is 4.79 Å². The molecule has 0 unspecified atom stereocenters. The van der Waals surface area contributed by atoms with Crippen molar-refractivity contribution >= 4 is 34.1 Å². The molecule has 1 aromatic rings. The van der Waals surface area contributed by atoms with Crippen molar-refractivity contribution in [2.45, 2.75) is 17.1 Å². The molecular weight excluding hydrogens is 230 g/mol. The highest BCUT2D eigenvalue weighted by atomic mass is 32.2. The number of nitrogen functional groups attached to an aromatic ring is 1. The average Bonchev–Trinajstić information content (AvgIpc) is 2.95. The van der Waals surface area contributed by atoms with Crippen LogP contribution in [0.4, 0.5) is 5.13 Å². The van der Waals surface area contributed by atoms with Crippen molar-refractivity contribution in [3.63, 3.8) is 0 Å². The Hall–Kier alpha value is -0.750. The van der Waals surface area contributed by atoms with Crippen LogP contribution < -0.4 is 11.1 Å². The van der Waals surface area contributed by atoms with E-state index in [2.05, 4.69) is 10.3 Å². The van der Waals surface area contributed by atoms with Gasteiger partial charge in [0.15, 0.2) is 5.13 Å². The smallest absolute Gasteiger partial charge is 0.230 e. The minimum atomic E-state index is 0.0962. The van der Waals surface area contributed by atoms with Crippen LogP contribution in [0.2, 0.25) is 0 Å². The molecule has 0 spiro atoms. The standard InChI is InChI=1S/C9H13N3OS2/c10-9-12-4-8(15-9)14-5-7(13)11-3-6-1-2-6/h4,6H,1-3,5H2,(H2,10,12)(H,11,13). The quantitative estimate of drug-likeness (QED) is 0.766. The second-order valence-electron chi connectivity index (χ2n) is 3.55. The zero-order chi connectivity index (χ0) is 10.7. The van der Waals surface area contributed by atoms with Gasteiger partial charge in [-0.25, -0.2) is 4.98 Å². The summed E-state index contributed by atoms with van der Waals surface area (Å²) in [6.45, 7) is 0.838. The van der Waals surface area contributed by atoms with Crippen LogP contribution in [0.1, 0.15) is 12.8 Å². The van der Waals surface area contributed by atoms with E-state index in [0.29, 0.717) is 10.9 Å². The maximum absolute atomic E-state index is 11.4. The van der Waals surface area contributed by atoms with Gasteiger partial charge in [-0.05, 0) is 18.8 Å². The van der Waals surface area contributed by atoms with E-state index in [1.807, 2.05) is 0 Å². The first-order valence-electron chi connectivity index (χ1n) is 4.85. The Labute approximate surface area is 96.6 Å². The summed E-state index contributed by atoms with van der Waals surface area (Å²) in [5.41, 5.74) is 5.49. The third-order valence-electron chi connectivity index (χ3n) is 2.13. The maximum Gasteiger partial charge on any atom is 0.230 e. The van der Waals surface area contributed by atoms with E-state index < -0.39 is 0 Å². The van der Waals surface area contributed by atoms with Crippen molar-refractivity contribution in [3.05, 3.63) is 6.20 Å². The lowest BCUT2D eigenvalue weighted by molar-refractivity contribution is -0.118. The van der Waals surface area contributed by atoms with Gasteiger partial charge in [0.05, 0.1) is 16.2 Å². The number of nitrogens with zero attached hydrogens (tertiary/aromatic N) is 1. The number of aromatic nitrogens is 1. The summed E-state index contributed by atoms with van der Waals surface area (Å²) in [5, 5.41) is 3.47. The number of thioether (sulfide) groups is 1. The molecule has 3 N–H and O–H groups in total. The Morgan fingerprint density at radius 1 is 1.73 bits per heavy atom. The molecule has 1 heterocycles. The topological polar surface area (TPSA) is 68.0 Å².